The van der Waals surface area contributed by atoms with Gasteiger partial charge >= 0.3 is 0 Å². The fourth-order valence-electron chi connectivity index (χ4n) is 1.19. The Bertz CT molecular complexity index is 454. The largest absolute Gasteiger partial charge is 0.487 e. The van der Waals surface area contributed by atoms with Crippen LogP contribution in [0.4, 0.5) is 22.0 Å². The lowest BCUT2D eigenvalue weighted by Crippen LogP contribution is -2.07. The van der Waals surface area contributed by atoms with Crippen molar-refractivity contribution in [2.24, 2.45) is 0 Å². The predicted octanol–water partition coefficient (Wildman–Crippen LogP) is 3.45. The van der Waals surface area contributed by atoms with Gasteiger partial charge in [0, 0.05) is 6.42 Å². The zero-order chi connectivity index (χ0) is 13.7. The third kappa shape index (κ3) is 2.88. The molecular weight excluding hydrogens is 257 g/mol. The standard InChI is InChI=1S/C11H8F5NO/c12-6-7(13)9(15)11(10(16)8(6)14)18-5-3-1-2-4-17/h1-3,5H2. The lowest BCUT2D eigenvalue weighted by Gasteiger charge is -2.09. The first-order valence-corrected chi connectivity index (χ1v) is 5.01. The van der Waals surface area contributed by atoms with E-state index in [0.717, 1.165) is 0 Å². The summed E-state index contributed by atoms with van der Waals surface area (Å²) in [4.78, 5) is 0. The molecule has 0 atom stereocenters. The smallest absolute Gasteiger partial charge is 0.206 e. The van der Waals surface area contributed by atoms with Crippen LogP contribution in [0.3, 0.4) is 0 Å². The van der Waals surface area contributed by atoms with Gasteiger partial charge < -0.3 is 4.74 Å². The summed E-state index contributed by atoms with van der Waals surface area (Å²) < 4.78 is 68.8. The molecule has 1 aromatic carbocycles. The van der Waals surface area contributed by atoms with Crippen molar-refractivity contribution in [3.05, 3.63) is 29.1 Å². The van der Waals surface area contributed by atoms with E-state index in [1.807, 2.05) is 6.07 Å². The molecule has 0 spiro atoms. The number of benzene rings is 1. The van der Waals surface area contributed by atoms with Crippen LogP contribution in [0.5, 0.6) is 5.75 Å². The zero-order valence-electron chi connectivity index (χ0n) is 9.07. The first-order valence-electron chi connectivity index (χ1n) is 5.01. The molecule has 0 aliphatic rings. The van der Waals surface area contributed by atoms with Crippen LogP contribution in [0, 0.1) is 40.4 Å². The number of nitrogens with zero attached hydrogens (tertiary/aromatic N) is 1. The molecule has 2 nitrogen and oxygen atoms in total. The molecule has 0 aliphatic carbocycles. The highest BCUT2D eigenvalue weighted by molar-refractivity contribution is 5.29. The maximum Gasteiger partial charge on any atom is 0.206 e. The van der Waals surface area contributed by atoms with Gasteiger partial charge in [0.25, 0.3) is 0 Å². The number of unbranched alkanes of at least 4 members (excludes halogenated alkanes) is 2. The molecule has 0 heterocycles. The second-order valence-corrected chi connectivity index (χ2v) is 3.36. The first-order chi connectivity index (χ1) is 8.50. The fraction of sp³-hybridized carbons (Fsp3) is 0.364. The summed E-state index contributed by atoms with van der Waals surface area (Å²) in [5, 5.41) is 8.22. The molecule has 1 aromatic rings. The molecule has 0 radical (unpaired) electrons. The van der Waals surface area contributed by atoms with Gasteiger partial charge in [0.1, 0.15) is 0 Å². The zero-order valence-corrected chi connectivity index (χ0v) is 9.07. The first kappa shape index (κ1) is 14.2. The maximum atomic E-state index is 13.1. The second kappa shape index (κ2) is 6.19. The minimum Gasteiger partial charge on any atom is -0.487 e. The third-order valence-corrected chi connectivity index (χ3v) is 2.10. The van der Waals surface area contributed by atoms with Crippen LogP contribution in [-0.2, 0) is 0 Å². The topological polar surface area (TPSA) is 33.0 Å². The minimum atomic E-state index is -2.22. The number of rotatable bonds is 5. The van der Waals surface area contributed by atoms with Crippen molar-refractivity contribution in [1.29, 1.82) is 5.26 Å². The molecule has 0 amide bonds. The summed E-state index contributed by atoms with van der Waals surface area (Å²) in [6, 6.07) is 1.84. The van der Waals surface area contributed by atoms with E-state index in [4.69, 9.17) is 5.26 Å². The molecule has 18 heavy (non-hydrogen) atoms. The normalized spacial score (nSPS) is 10.2. The monoisotopic (exact) mass is 265 g/mol. The van der Waals surface area contributed by atoms with E-state index in [1.54, 1.807) is 0 Å². The number of ether oxygens (including phenoxy) is 1. The van der Waals surface area contributed by atoms with Crippen LogP contribution in [0.1, 0.15) is 19.3 Å². The van der Waals surface area contributed by atoms with E-state index < -0.39 is 34.8 Å². The van der Waals surface area contributed by atoms with Gasteiger partial charge in [0.2, 0.25) is 29.1 Å². The van der Waals surface area contributed by atoms with Crippen molar-refractivity contribution in [1.82, 2.24) is 0 Å². The molecule has 0 unspecified atom stereocenters. The molecule has 7 heteroatoms. The molecule has 98 valence electrons. The Morgan fingerprint density at radius 3 is 1.83 bits per heavy atom. The van der Waals surface area contributed by atoms with Crippen molar-refractivity contribution in [2.45, 2.75) is 19.3 Å². The van der Waals surface area contributed by atoms with Gasteiger partial charge in [-0.05, 0) is 12.8 Å². The van der Waals surface area contributed by atoms with E-state index in [0.29, 0.717) is 6.42 Å². The van der Waals surface area contributed by atoms with Gasteiger partial charge in [-0.25, -0.2) is 13.2 Å². The van der Waals surface area contributed by atoms with E-state index >= 15 is 0 Å². The highest BCUT2D eigenvalue weighted by Crippen LogP contribution is 2.29. The molecule has 0 N–H and O–H groups in total. The third-order valence-electron chi connectivity index (χ3n) is 2.10. The van der Waals surface area contributed by atoms with Gasteiger partial charge in [0.05, 0.1) is 12.7 Å². The van der Waals surface area contributed by atoms with E-state index in [9.17, 15) is 22.0 Å². The van der Waals surface area contributed by atoms with Crippen LogP contribution in [0.25, 0.3) is 0 Å². The van der Waals surface area contributed by atoms with Crippen LogP contribution in [0.15, 0.2) is 0 Å². The summed E-state index contributed by atoms with van der Waals surface area (Å²) in [6.07, 6.45) is 0.902. The molecule has 0 aliphatic heterocycles. The predicted molar refractivity (Wildman–Crippen MR) is 51.2 cm³/mol. The fourth-order valence-corrected chi connectivity index (χ4v) is 1.19. The van der Waals surface area contributed by atoms with E-state index in [-0.39, 0.29) is 19.4 Å². The summed E-state index contributed by atoms with van der Waals surface area (Å²) in [7, 11) is 0. The average molecular weight is 265 g/mol. The summed E-state index contributed by atoms with van der Waals surface area (Å²) in [5.74, 6) is -11.6. The summed E-state index contributed by atoms with van der Waals surface area (Å²) >= 11 is 0. The highest BCUT2D eigenvalue weighted by Gasteiger charge is 2.26. The van der Waals surface area contributed by atoms with Crippen molar-refractivity contribution in [2.75, 3.05) is 6.61 Å². The molecule has 0 aromatic heterocycles. The Morgan fingerprint density at radius 1 is 0.833 bits per heavy atom. The molecule has 1 rings (SSSR count). The van der Waals surface area contributed by atoms with E-state index in [1.165, 1.54) is 0 Å². The van der Waals surface area contributed by atoms with Crippen molar-refractivity contribution in [3.8, 4) is 11.8 Å². The Hall–Kier alpha value is -1.84. The van der Waals surface area contributed by atoms with Gasteiger partial charge in [-0.2, -0.15) is 14.0 Å². The summed E-state index contributed by atoms with van der Waals surface area (Å²) in [6.45, 7) is -0.236. The number of halogens is 5. The van der Waals surface area contributed by atoms with Crippen molar-refractivity contribution in [3.63, 3.8) is 0 Å². The molecular formula is C11H8F5NO. The SMILES string of the molecule is N#CCCCCOc1c(F)c(F)c(F)c(F)c1F. The Morgan fingerprint density at radius 2 is 1.33 bits per heavy atom. The van der Waals surface area contributed by atoms with Gasteiger partial charge in [-0.3, -0.25) is 0 Å². The molecule has 0 saturated carbocycles. The number of nitriles is 1. The number of hydrogen-bond donors (Lipinski definition) is 0. The molecule has 0 saturated heterocycles. The second-order valence-electron chi connectivity index (χ2n) is 3.36. The summed E-state index contributed by atoms with van der Waals surface area (Å²) in [5.41, 5.74) is 0. The average Bonchev–Trinajstić information content (AvgIpc) is 2.37. The van der Waals surface area contributed by atoms with Crippen LogP contribution in [-0.4, -0.2) is 6.61 Å². The Labute approximate surface area is 99.6 Å². The van der Waals surface area contributed by atoms with Crippen molar-refractivity contribution >= 4 is 0 Å². The quantitative estimate of drug-likeness (QED) is 0.353. The lowest BCUT2D eigenvalue weighted by molar-refractivity contribution is 0.257. The van der Waals surface area contributed by atoms with Crippen LogP contribution in [0.2, 0.25) is 0 Å². The van der Waals surface area contributed by atoms with E-state index in [2.05, 4.69) is 4.74 Å². The Balaban J connectivity index is 2.80. The van der Waals surface area contributed by atoms with Gasteiger partial charge in [0.15, 0.2) is 5.75 Å². The minimum absolute atomic E-state index is 0.223. The molecule has 0 bridgehead atoms. The number of hydrogen-bond acceptors (Lipinski definition) is 2. The Kier molecular flexibility index (Phi) is 4.89. The lowest BCUT2D eigenvalue weighted by atomic mass is 10.2. The van der Waals surface area contributed by atoms with Crippen molar-refractivity contribution < 1.29 is 26.7 Å². The highest BCUT2D eigenvalue weighted by atomic mass is 19.2. The van der Waals surface area contributed by atoms with Gasteiger partial charge in [-0.15, -0.1) is 0 Å². The van der Waals surface area contributed by atoms with Crippen LogP contribution >= 0.6 is 0 Å². The molecule has 0 fully saturated rings. The maximum absolute atomic E-state index is 13.1. The van der Waals surface area contributed by atoms with Gasteiger partial charge in [-0.1, -0.05) is 0 Å². The van der Waals surface area contributed by atoms with Crippen LogP contribution < -0.4 is 4.74 Å².